The average Bonchev–Trinajstić information content (AvgIpc) is 2.69. The quantitative estimate of drug-likeness (QED) is 0.519. The molecular weight excluding hydrogens is 188 g/mol. The third-order valence-corrected chi connectivity index (χ3v) is 2.55. The fourth-order valence-corrected chi connectivity index (χ4v) is 1.64. The first-order valence-electron chi connectivity index (χ1n) is 6.02. The van der Waals surface area contributed by atoms with Crippen LogP contribution in [0.4, 0.5) is 0 Å². The minimum Gasteiger partial charge on any atom is -0.342 e. The van der Waals surface area contributed by atoms with Crippen molar-refractivity contribution in [2.75, 3.05) is 6.61 Å². The van der Waals surface area contributed by atoms with Crippen LogP contribution in [0, 0.1) is 0 Å². The van der Waals surface area contributed by atoms with Gasteiger partial charge >= 0.3 is 0 Å². The van der Waals surface area contributed by atoms with Crippen molar-refractivity contribution >= 4 is 0 Å². The lowest BCUT2D eigenvalue weighted by atomic mass is 10.1. The first-order valence-corrected chi connectivity index (χ1v) is 6.02. The Morgan fingerprint density at radius 1 is 1.27 bits per heavy atom. The molecule has 0 unspecified atom stereocenters. The standard InChI is InChI=1S/C12H22N2O/c1-3-5-6-7-8-12-13-9-10-14(12)11-15-4-2/h9-10H,3-8,11H2,1-2H3/p+1. The number of imidazole rings is 1. The van der Waals surface area contributed by atoms with Crippen LogP contribution in [0.25, 0.3) is 0 Å². The summed E-state index contributed by atoms with van der Waals surface area (Å²) in [6, 6.07) is 0. The molecule has 0 radical (unpaired) electrons. The van der Waals surface area contributed by atoms with Crippen LogP contribution in [0.2, 0.25) is 0 Å². The Hall–Kier alpha value is -0.830. The van der Waals surface area contributed by atoms with Crippen LogP contribution in [0.1, 0.15) is 45.4 Å². The number of unbranched alkanes of at least 4 members (excludes halogenated alkanes) is 3. The van der Waals surface area contributed by atoms with Crippen molar-refractivity contribution in [2.24, 2.45) is 0 Å². The minimum absolute atomic E-state index is 0.670. The molecule has 1 heterocycles. The summed E-state index contributed by atoms with van der Waals surface area (Å²) in [4.78, 5) is 3.27. The van der Waals surface area contributed by atoms with Gasteiger partial charge < -0.3 is 4.74 Å². The lowest BCUT2D eigenvalue weighted by molar-refractivity contribution is -0.737. The maximum atomic E-state index is 5.39. The first-order chi connectivity index (χ1) is 7.38. The molecule has 0 saturated carbocycles. The Morgan fingerprint density at radius 3 is 2.87 bits per heavy atom. The van der Waals surface area contributed by atoms with Crippen molar-refractivity contribution in [2.45, 2.75) is 52.7 Å². The highest BCUT2D eigenvalue weighted by molar-refractivity contribution is 4.76. The lowest BCUT2D eigenvalue weighted by Gasteiger charge is -2.00. The van der Waals surface area contributed by atoms with Gasteiger partial charge in [0.15, 0.2) is 6.73 Å². The topological polar surface area (TPSA) is 28.9 Å². The SMILES string of the molecule is CCCCCCc1[nH]cc[n+]1COCC. The number of aromatic nitrogens is 2. The van der Waals surface area contributed by atoms with Crippen LogP contribution in [-0.4, -0.2) is 11.6 Å². The van der Waals surface area contributed by atoms with Crippen molar-refractivity contribution in [3.05, 3.63) is 18.2 Å². The van der Waals surface area contributed by atoms with E-state index in [0.717, 1.165) is 13.0 Å². The lowest BCUT2D eigenvalue weighted by Crippen LogP contribution is -2.37. The highest BCUT2D eigenvalue weighted by Crippen LogP contribution is 2.02. The molecule has 0 saturated heterocycles. The summed E-state index contributed by atoms with van der Waals surface area (Å²) in [6.07, 6.45) is 10.4. The average molecular weight is 211 g/mol. The number of H-pyrrole nitrogens is 1. The van der Waals surface area contributed by atoms with Gasteiger partial charge in [0.25, 0.3) is 5.82 Å². The summed E-state index contributed by atoms with van der Waals surface area (Å²) < 4.78 is 7.54. The molecule has 86 valence electrons. The largest absolute Gasteiger partial charge is 0.342 e. The molecule has 0 bridgehead atoms. The van der Waals surface area contributed by atoms with E-state index in [0.29, 0.717) is 6.73 Å². The number of hydrogen-bond acceptors (Lipinski definition) is 1. The summed E-state index contributed by atoms with van der Waals surface area (Å²) in [5.74, 6) is 1.28. The van der Waals surface area contributed by atoms with Crippen molar-refractivity contribution in [3.8, 4) is 0 Å². The van der Waals surface area contributed by atoms with Gasteiger partial charge in [0.2, 0.25) is 0 Å². The van der Waals surface area contributed by atoms with Crippen LogP contribution in [0.15, 0.2) is 12.4 Å². The summed E-state index contributed by atoms with van der Waals surface area (Å²) in [5, 5.41) is 0. The normalized spacial score (nSPS) is 10.8. The second-order valence-corrected chi connectivity index (χ2v) is 3.81. The van der Waals surface area contributed by atoms with Crippen LogP contribution in [0.3, 0.4) is 0 Å². The van der Waals surface area contributed by atoms with E-state index >= 15 is 0 Å². The van der Waals surface area contributed by atoms with Crippen LogP contribution < -0.4 is 4.57 Å². The van der Waals surface area contributed by atoms with Crippen molar-refractivity contribution in [3.63, 3.8) is 0 Å². The molecular formula is C12H23N2O+. The van der Waals surface area contributed by atoms with E-state index in [-0.39, 0.29) is 0 Å². The fourth-order valence-electron chi connectivity index (χ4n) is 1.64. The van der Waals surface area contributed by atoms with Gasteiger partial charge in [0.05, 0.1) is 0 Å². The van der Waals surface area contributed by atoms with Gasteiger partial charge in [-0.25, -0.2) is 9.55 Å². The molecule has 1 aromatic rings. The van der Waals surface area contributed by atoms with Gasteiger partial charge in [0, 0.05) is 13.0 Å². The third-order valence-electron chi connectivity index (χ3n) is 2.55. The first kappa shape index (κ1) is 12.2. The molecule has 3 nitrogen and oxygen atoms in total. The van der Waals surface area contributed by atoms with Crippen molar-refractivity contribution in [1.82, 2.24) is 4.98 Å². The Morgan fingerprint density at radius 2 is 2.13 bits per heavy atom. The maximum absolute atomic E-state index is 5.39. The number of aryl methyl sites for hydroxylation is 1. The second kappa shape index (κ2) is 7.46. The zero-order valence-electron chi connectivity index (χ0n) is 9.96. The zero-order valence-corrected chi connectivity index (χ0v) is 9.96. The summed E-state index contributed by atoms with van der Waals surface area (Å²) >= 11 is 0. The monoisotopic (exact) mass is 211 g/mol. The maximum Gasteiger partial charge on any atom is 0.256 e. The molecule has 3 heteroatoms. The summed E-state index contributed by atoms with van der Waals surface area (Å²) in [5.41, 5.74) is 0. The molecule has 0 aliphatic heterocycles. The Labute approximate surface area is 92.5 Å². The smallest absolute Gasteiger partial charge is 0.256 e. The summed E-state index contributed by atoms with van der Waals surface area (Å²) in [7, 11) is 0. The minimum atomic E-state index is 0.670. The van der Waals surface area contributed by atoms with Gasteiger partial charge in [-0.05, 0) is 13.3 Å². The van der Waals surface area contributed by atoms with E-state index in [1.54, 1.807) is 0 Å². The van der Waals surface area contributed by atoms with Gasteiger partial charge in [-0.15, -0.1) is 0 Å². The molecule has 1 aromatic heterocycles. The zero-order chi connectivity index (χ0) is 10.9. The number of hydrogen-bond donors (Lipinski definition) is 1. The Balaban J connectivity index is 2.29. The van der Waals surface area contributed by atoms with E-state index in [2.05, 4.69) is 16.5 Å². The van der Waals surface area contributed by atoms with E-state index in [1.807, 2.05) is 19.3 Å². The number of nitrogens with zero attached hydrogens (tertiary/aromatic N) is 1. The number of rotatable bonds is 8. The Kier molecular flexibility index (Phi) is 6.09. The molecule has 0 spiro atoms. The third kappa shape index (κ3) is 4.47. The van der Waals surface area contributed by atoms with Gasteiger partial charge in [0.1, 0.15) is 12.4 Å². The molecule has 15 heavy (non-hydrogen) atoms. The molecule has 0 aliphatic rings. The van der Waals surface area contributed by atoms with Crippen molar-refractivity contribution < 1.29 is 9.30 Å². The van der Waals surface area contributed by atoms with Gasteiger partial charge in [-0.1, -0.05) is 26.2 Å². The van der Waals surface area contributed by atoms with Crippen LogP contribution in [0.5, 0.6) is 0 Å². The van der Waals surface area contributed by atoms with E-state index in [9.17, 15) is 0 Å². The number of aromatic amines is 1. The summed E-state index contributed by atoms with van der Waals surface area (Å²) in [6.45, 7) is 5.70. The van der Waals surface area contributed by atoms with E-state index in [4.69, 9.17) is 4.74 Å². The van der Waals surface area contributed by atoms with Crippen LogP contribution in [-0.2, 0) is 17.9 Å². The second-order valence-electron chi connectivity index (χ2n) is 3.81. The predicted molar refractivity (Wildman–Crippen MR) is 60.5 cm³/mol. The Bertz CT molecular complexity index is 258. The van der Waals surface area contributed by atoms with E-state index in [1.165, 1.54) is 31.5 Å². The van der Waals surface area contributed by atoms with Crippen molar-refractivity contribution in [1.29, 1.82) is 0 Å². The molecule has 0 amide bonds. The molecule has 0 fully saturated rings. The van der Waals surface area contributed by atoms with E-state index < -0.39 is 0 Å². The highest BCUT2D eigenvalue weighted by atomic mass is 16.5. The number of nitrogens with one attached hydrogen (secondary N) is 1. The molecule has 1 rings (SSSR count). The van der Waals surface area contributed by atoms with Gasteiger partial charge in [-0.2, -0.15) is 0 Å². The molecule has 1 N–H and O–H groups in total. The van der Waals surface area contributed by atoms with Crippen LogP contribution >= 0.6 is 0 Å². The predicted octanol–water partition coefficient (Wildman–Crippen LogP) is 2.42. The number of ether oxygens (including phenoxy) is 1. The highest BCUT2D eigenvalue weighted by Gasteiger charge is 2.08. The fraction of sp³-hybridized carbons (Fsp3) is 0.750. The molecule has 0 atom stereocenters. The molecule has 0 aromatic carbocycles. The molecule has 0 aliphatic carbocycles. The van der Waals surface area contributed by atoms with Gasteiger partial charge in [-0.3, -0.25) is 0 Å².